The molecule has 15 heavy (non-hydrogen) atoms. The zero-order valence-electron chi connectivity index (χ0n) is 8.14. The van der Waals surface area contributed by atoms with Crippen LogP contribution in [0.2, 0.25) is 0 Å². The highest BCUT2D eigenvalue weighted by Crippen LogP contribution is 2.42. The molecule has 1 spiro atoms. The van der Waals surface area contributed by atoms with Crippen LogP contribution in [-0.4, -0.2) is 11.4 Å². The van der Waals surface area contributed by atoms with E-state index in [0.717, 1.165) is 35.1 Å². The van der Waals surface area contributed by atoms with Gasteiger partial charge in [0.1, 0.15) is 5.54 Å². The zero-order chi connectivity index (χ0) is 10.5. The number of carbonyl (C=O) groups excluding carboxylic acids is 1. The summed E-state index contributed by atoms with van der Waals surface area (Å²) in [6.07, 6.45) is 3.00. The fourth-order valence-electron chi connectivity index (χ4n) is 2.17. The predicted molar refractivity (Wildman–Crippen MR) is 63.0 cm³/mol. The second-order valence-electron chi connectivity index (χ2n) is 4.20. The van der Waals surface area contributed by atoms with Crippen LogP contribution in [0.15, 0.2) is 22.7 Å². The second-order valence-corrected chi connectivity index (χ2v) is 5.12. The van der Waals surface area contributed by atoms with Gasteiger partial charge in [-0.3, -0.25) is 4.79 Å². The minimum absolute atomic E-state index is 0.114. The lowest BCUT2D eigenvalue weighted by Gasteiger charge is -2.44. The number of nitrogens with one attached hydrogen (secondary N) is 2. The Bertz CT molecular complexity index is 440. The number of benzene rings is 1. The molecule has 0 saturated heterocycles. The smallest absolute Gasteiger partial charge is 0.250 e. The summed E-state index contributed by atoms with van der Waals surface area (Å²) in [5.74, 6) is 0.114. The van der Waals surface area contributed by atoms with Crippen LogP contribution in [0.3, 0.4) is 0 Å². The lowest BCUT2D eigenvalue weighted by Crippen LogP contribution is -2.57. The lowest BCUT2D eigenvalue weighted by molar-refractivity contribution is -0.123. The molecule has 0 atom stereocenters. The van der Waals surface area contributed by atoms with E-state index in [2.05, 4.69) is 26.6 Å². The highest BCUT2D eigenvalue weighted by molar-refractivity contribution is 9.10. The van der Waals surface area contributed by atoms with Crippen molar-refractivity contribution >= 4 is 33.2 Å². The van der Waals surface area contributed by atoms with Crippen molar-refractivity contribution in [1.29, 1.82) is 0 Å². The summed E-state index contributed by atoms with van der Waals surface area (Å²) in [5.41, 5.74) is 1.57. The van der Waals surface area contributed by atoms with Crippen molar-refractivity contribution in [3.05, 3.63) is 22.7 Å². The van der Waals surface area contributed by atoms with Gasteiger partial charge >= 0.3 is 0 Å². The van der Waals surface area contributed by atoms with Crippen molar-refractivity contribution in [2.45, 2.75) is 24.8 Å². The summed E-state index contributed by atoms with van der Waals surface area (Å²) in [5, 5.41) is 6.32. The first-order valence-electron chi connectivity index (χ1n) is 5.09. The molecule has 1 heterocycles. The van der Waals surface area contributed by atoms with Crippen molar-refractivity contribution < 1.29 is 4.79 Å². The molecule has 0 unspecified atom stereocenters. The molecule has 1 aromatic rings. The van der Waals surface area contributed by atoms with Crippen molar-refractivity contribution in [2.75, 3.05) is 10.6 Å². The van der Waals surface area contributed by atoms with Gasteiger partial charge in [0.05, 0.1) is 11.4 Å². The van der Waals surface area contributed by atoms with Gasteiger partial charge in [0.15, 0.2) is 0 Å². The van der Waals surface area contributed by atoms with Gasteiger partial charge in [-0.15, -0.1) is 0 Å². The summed E-state index contributed by atoms with van der Waals surface area (Å²) < 4.78 is 1.03. The Kier molecular flexibility index (Phi) is 1.83. The van der Waals surface area contributed by atoms with Crippen LogP contribution in [-0.2, 0) is 4.79 Å². The van der Waals surface area contributed by atoms with E-state index in [9.17, 15) is 4.79 Å². The number of hydrogen-bond donors (Lipinski definition) is 2. The van der Waals surface area contributed by atoms with E-state index in [4.69, 9.17) is 0 Å². The first-order chi connectivity index (χ1) is 7.20. The molecule has 1 amide bonds. The number of fused-ring (bicyclic) bond motifs is 1. The third-order valence-electron chi connectivity index (χ3n) is 3.25. The maximum Gasteiger partial charge on any atom is 0.250 e. The third kappa shape index (κ3) is 1.28. The lowest BCUT2D eigenvalue weighted by atomic mass is 9.74. The quantitative estimate of drug-likeness (QED) is 0.758. The molecule has 78 valence electrons. The molecule has 0 bridgehead atoms. The zero-order valence-corrected chi connectivity index (χ0v) is 9.73. The van der Waals surface area contributed by atoms with Gasteiger partial charge in [-0.1, -0.05) is 15.9 Å². The first-order valence-corrected chi connectivity index (χ1v) is 5.88. The molecule has 1 aliphatic heterocycles. The van der Waals surface area contributed by atoms with Gasteiger partial charge in [0, 0.05) is 4.47 Å². The van der Waals surface area contributed by atoms with Crippen molar-refractivity contribution in [1.82, 2.24) is 0 Å². The summed E-state index contributed by atoms with van der Waals surface area (Å²) in [7, 11) is 0. The number of hydrogen-bond acceptors (Lipinski definition) is 2. The van der Waals surface area contributed by atoms with Crippen LogP contribution in [0, 0.1) is 0 Å². The fourth-order valence-corrected chi connectivity index (χ4v) is 2.53. The second kappa shape index (κ2) is 2.98. The van der Waals surface area contributed by atoms with Gasteiger partial charge in [0.25, 0.3) is 0 Å². The van der Waals surface area contributed by atoms with Crippen molar-refractivity contribution in [3.63, 3.8) is 0 Å². The Balaban J connectivity index is 2.03. The molecular weight excluding hydrogens is 256 g/mol. The molecule has 0 aromatic heterocycles. The Morgan fingerprint density at radius 1 is 1.27 bits per heavy atom. The van der Waals surface area contributed by atoms with E-state index in [1.54, 1.807) is 0 Å². The molecule has 0 radical (unpaired) electrons. The monoisotopic (exact) mass is 266 g/mol. The van der Waals surface area contributed by atoms with E-state index in [1.165, 1.54) is 0 Å². The summed E-state index contributed by atoms with van der Waals surface area (Å²) >= 11 is 3.43. The van der Waals surface area contributed by atoms with Crippen LogP contribution in [0.4, 0.5) is 11.4 Å². The van der Waals surface area contributed by atoms with E-state index < -0.39 is 0 Å². The first kappa shape index (κ1) is 9.21. The van der Waals surface area contributed by atoms with Crippen LogP contribution >= 0.6 is 15.9 Å². The molecule has 4 heteroatoms. The Hall–Kier alpha value is -1.03. The van der Waals surface area contributed by atoms with Crippen LogP contribution in [0.25, 0.3) is 0 Å². The van der Waals surface area contributed by atoms with Gasteiger partial charge in [-0.05, 0) is 37.5 Å². The summed E-state index contributed by atoms with van der Waals surface area (Å²) in [6.45, 7) is 0. The van der Waals surface area contributed by atoms with Crippen LogP contribution < -0.4 is 10.6 Å². The number of carbonyl (C=O) groups is 1. The Morgan fingerprint density at radius 2 is 2.07 bits per heavy atom. The maximum atomic E-state index is 11.9. The highest BCUT2D eigenvalue weighted by atomic mass is 79.9. The molecule has 1 aliphatic carbocycles. The van der Waals surface area contributed by atoms with E-state index >= 15 is 0 Å². The fraction of sp³-hybridized carbons (Fsp3) is 0.364. The van der Waals surface area contributed by atoms with Crippen molar-refractivity contribution in [3.8, 4) is 0 Å². The van der Waals surface area contributed by atoms with E-state index in [1.807, 2.05) is 18.2 Å². The molecule has 3 rings (SSSR count). The minimum atomic E-state index is -0.326. The average molecular weight is 267 g/mol. The topological polar surface area (TPSA) is 41.1 Å². The number of rotatable bonds is 0. The van der Waals surface area contributed by atoms with Gasteiger partial charge < -0.3 is 10.6 Å². The molecule has 2 aliphatic rings. The molecule has 1 saturated carbocycles. The van der Waals surface area contributed by atoms with Gasteiger partial charge in [-0.25, -0.2) is 0 Å². The molecular formula is C11H11BrN2O. The van der Waals surface area contributed by atoms with Crippen LogP contribution in [0.1, 0.15) is 19.3 Å². The average Bonchev–Trinajstić information content (AvgIpc) is 2.15. The molecule has 2 N–H and O–H groups in total. The minimum Gasteiger partial charge on any atom is -0.369 e. The van der Waals surface area contributed by atoms with Crippen LogP contribution in [0.5, 0.6) is 0 Å². The molecule has 1 aromatic carbocycles. The Labute approximate surface area is 96.4 Å². The SMILES string of the molecule is O=C1Nc2ccc(Br)cc2NC12CCC2. The summed E-state index contributed by atoms with van der Waals surface area (Å²) in [6, 6.07) is 5.85. The van der Waals surface area contributed by atoms with E-state index in [-0.39, 0.29) is 11.4 Å². The third-order valence-corrected chi connectivity index (χ3v) is 3.74. The van der Waals surface area contributed by atoms with E-state index in [0.29, 0.717) is 0 Å². The van der Waals surface area contributed by atoms with Gasteiger partial charge in [0.2, 0.25) is 5.91 Å². The predicted octanol–water partition coefficient (Wildman–Crippen LogP) is 2.74. The number of amides is 1. The molecule has 1 fully saturated rings. The summed E-state index contributed by atoms with van der Waals surface area (Å²) in [4.78, 5) is 11.9. The molecule has 3 nitrogen and oxygen atoms in total. The van der Waals surface area contributed by atoms with Crippen molar-refractivity contribution in [2.24, 2.45) is 0 Å². The normalized spacial score (nSPS) is 21.3. The largest absolute Gasteiger partial charge is 0.369 e. The highest BCUT2D eigenvalue weighted by Gasteiger charge is 2.46. The van der Waals surface area contributed by atoms with Gasteiger partial charge in [-0.2, -0.15) is 0 Å². The maximum absolute atomic E-state index is 11.9. The standard InChI is InChI=1S/C11H11BrN2O/c12-7-2-3-8-9(6-7)14-11(4-1-5-11)10(15)13-8/h2-3,6,14H,1,4-5H2,(H,13,15). The Morgan fingerprint density at radius 3 is 2.73 bits per heavy atom. The number of anilines is 2. The number of halogens is 1.